The fourth-order valence-corrected chi connectivity index (χ4v) is 2.54. The number of aldehydes is 1. The molecule has 3 rings (SSSR count). The van der Waals surface area contributed by atoms with Gasteiger partial charge in [-0.15, -0.1) is 0 Å². The molecule has 0 aromatic carbocycles. The fraction of sp³-hybridized carbons (Fsp3) is 0.429. The highest BCUT2D eigenvalue weighted by Gasteiger charge is 2.22. The van der Waals surface area contributed by atoms with E-state index in [1.54, 1.807) is 0 Å². The Labute approximate surface area is 106 Å². The molecule has 0 N–H and O–H groups in total. The minimum absolute atomic E-state index is 0.646. The molecule has 2 aromatic rings. The summed E-state index contributed by atoms with van der Waals surface area (Å²) >= 11 is 0. The highest BCUT2D eigenvalue weighted by atomic mass is 16.1. The lowest BCUT2D eigenvalue weighted by Gasteiger charge is -2.30. The summed E-state index contributed by atoms with van der Waals surface area (Å²) in [6, 6.07) is 5.78. The van der Waals surface area contributed by atoms with Crippen LogP contribution < -0.4 is 4.90 Å². The molecule has 0 saturated heterocycles. The van der Waals surface area contributed by atoms with Crippen molar-refractivity contribution in [2.45, 2.75) is 19.3 Å². The summed E-state index contributed by atoms with van der Waals surface area (Å²) in [5, 5.41) is 0. The van der Waals surface area contributed by atoms with Crippen molar-refractivity contribution in [3.8, 4) is 0 Å². The second kappa shape index (κ2) is 4.44. The second-order valence-corrected chi connectivity index (χ2v) is 5.04. The number of carbonyl (C=O) groups is 1. The Morgan fingerprint density at radius 1 is 1.50 bits per heavy atom. The van der Waals surface area contributed by atoms with E-state index in [9.17, 15) is 4.79 Å². The number of nitrogens with zero attached hydrogens (tertiary/aromatic N) is 3. The first-order valence-electron chi connectivity index (χ1n) is 6.43. The summed E-state index contributed by atoms with van der Waals surface area (Å²) in [4.78, 5) is 18.0. The van der Waals surface area contributed by atoms with Gasteiger partial charge in [-0.1, -0.05) is 12.5 Å². The molecule has 0 bridgehead atoms. The van der Waals surface area contributed by atoms with Crippen LogP contribution in [0.15, 0.2) is 24.4 Å². The Balaban J connectivity index is 1.96. The van der Waals surface area contributed by atoms with Crippen molar-refractivity contribution in [1.82, 2.24) is 9.38 Å². The first-order valence-corrected chi connectivity index (χ1v) is 6.43. The van der Waals surface area contributed by atoms with Gasteiger partial charge in [0.25, 0.3) is 0 Å². The topological polar surface area (TPSA) is 37.6 Å². The number of pyridine rings is 1. The molecular formula is C14H17N3O. The van der Waals surface area contributed by atoms with Gasteiger partial charge in [0.05, 0.1) is 0 Å². The minimum atomic E-state index is 0.646. The molecule has 0 unspecified atom stereocenters. The van der Waals surface area contributed by atoms with Crippen LogP contribution in [-0.2, 0) is 0 Å². The van der Waals surface area contributed by atoms with Crippen LogP contribution in [0.25, 0.3) is 5.65 Å². The highest BCUT2D eigenvalue weighted by molar-refractivity contribution is 5.83. The number of aromatic nitrogens is 2. The van der Waals surface area contributed by atoms with E-state index in [0.29, 0.717) is 5.69 Å². The van der Waals surface area contributed by atoms with Gasteiger partial charge < -0.3 is 4.90 Å². The molecule has 0 atom stereocenters. The van der Waals surface area contributed by atoms with Crippen molar-refractivity contribution in [2.24, 2.45) is 5.92 Å². The van der Waals surface area contributed by atoms with Gasteiger partial charge in [0, 0.05) is 19.8 Å². The van der Waals surface area contributed by atoms with Gasteiger partial charge in [0.2, 0.25) is 0 Å². The molecule has 94 valence electrons. The van der Waals surface area contributed by atoms with Crippen LogP contribution in [0.2, 0.25) is 0 Å². The number of hydrogen-bond acceptors (Lipinski definition) is 3. The largest absolute Gasteiger partial charge is 0.357 e. The predicted molar refractivity (Wildman–Crippen MR) is 71.2 cm³/mol. The van der Waals surface area contributed by atoms with E-state index in [4.69, 9.17) is 0 Å². The van der Waals surface area contributed by atoms with Crippen molar-refractivity contribution in [3.63, 3.8) is 0 Å². The third-order valence-corrected chi connectivity index (χ3v) is 3.78. The monoisotopic (exact) mass is 243 g/mol. The molecule has 2 heterocycles. The average Bonchev–Trinajstić information content (AvgIpc) is 2.72. The number of rotatable bonds is 4. The van der Waals surface area contributed by atoms with E-state index < -0.39 is 0 Å². The van der Waals surface area contributed by atoms with Crippen LogP contribution in [0.1, 0.15) is 29.8 Å². The maximum absolute atomic E-state index is 11.3. The lowest BCUT2D eigenvalue weighted by molar-refractivity contribution is 0.111. The lowest BCUT2D eigenvalue weighted by atomic mass is 9.85. The minimum Gasteiger partial charge on any atom is -0.357 e. The number of anilines is 1. The van der Waals surface area contributed by atoms with Crippen molar-refractivity contribution < 1.29 is 4.79 Å². The molecule has 1 aliphatic carbocycles. The summed E-state index contributed by atoms with van der Waals surface area (Å²) in [5.41, 5.74) is 1.47. The Morgan fingerprint density at radius 2 is 2.33 bits per heavy atom. The third-order valence-electron chi connectivity index (χ3n) is 3.78. The summed E-state index contributed by atoms with van der Waals surface area (Å²) in [6.45, 7) is 0.991. The van der Waals surface area contributed by atoms with Gasteiger partial charge in [-0.05, 0) is 30.9 Å². The van der Waals surface area contributed by atoms with Gasteiger partial charge in [-0.25, -0.2) is 4.98 Å². The third kappa shape index (κ3) is 1.78. The molecule has 0 spiro atoms. The Kier molecular flexibility index (Phi) is 2.78. The molecule has 0 amide bonds. The Morgan fingerprint density at radius 3 is 3.00 bits per heavy atom. The van der Waals surface area contributed by atoms with E-state index in [2.05, 4.69) is 9.88 Å². The SMILES string of the molecule is CN(CC1CCC1)c1nc2ccccn2c1C=O. The van der Waals surface area contributed by atoms with E-state index in [1.807, 2.05) is 35.8 Å². The molecule has 0 radical (unpaired) electrons. The summed E-state index contributed by atoms with van der Waals surface area (Å²) in [5.74, 6) is 1.56. The van der Waals surface area contributed by atoms with E-state index in [1.165, 1.54) is 19.3 Å². The van der Waals surface area contributed by atoms with Gasteiger partial charge in [-0.3, -0.25) is 9.20 Å². The molecule has 18 heavy (non-hydrogen) atoms. The summed E-state index contributed by atoms with van der Waals surface area (Å²) in [7, 11) is 2.02. The molecule has 4 heteroatoms. The zero-order chi connectivity index (χ0) is 12.5. The molecule has 1 fully saturated rings. The highest BCUT2D eigenvalue weighted by Crippen LogP contribution is 2.29. The van der Waals surface area contributed by atoms with Crippen LogP contribution in [0.4, 0.5) is 5.82 Å². The molecular weight excluding hydrogens is 226 g/mol. The fourth-order valence-electron chi connectivity index (χ4n) is 2.54. The van der Waals surface area contributed by atoms with Gasteiger partial charge >= 0.3 is 0 Å². The Bertz CT molecular complexity index is 571. The predicted octanol–water partition coefficient (Wildman–Crippen LogP) is 2.38. The van der Waals surface area contributed by atoms with Crippen molar-refractivity contribution in [3.05, 3.63) is 30.1 Å². The van der Waals surface area contributed by atoms with Crippen molar-refractivity contribution in [2.75, 3.05) is 18.5 Å². The normalized spacial score (nSPS) is 15.6. The van der Waals surface area contributed by atoms with E-state index in [-0.39, 0.29) is 0 Å². The second-order valence-electron chi connectivity index (χ2n) is 5.04. The standard InChI is InChI=1S/C14H17N3O/c1-16(9-11-5-4-6-11)14-12(10-18)17-8-3-2-7-13(17)15-14/h2-3,7-8,10-11H,4-6,9H2,1H3. The van der Waals surface area contributed by atoms with Gasteiger partial charge in [0.1, 0.15) is 11.3 Å². The van der Waals surface area contributed by atoms with Crippen molar-refractivity contribution >= 4 is 17.8 Å². The maximum atomic E-state index is 11.3. The van der Waals surface area contributed by atoms with Gasteiger partial charge in [0.15, 0.2) is 12.1 Å². The zero-order valence-corrected chi connectivity index (χ0v) is 10.5. The first kappa shape index (κ1) is 11.3. The lowest BCUT2D eigenvalue weighted by Crippen LogP contribution is -2.30. The summed E-state index contributed by atoms with van der Waals surface area (Å²) in [6.07, 6.45) is 6.71. The average molecular weight is 243 g/mol. The van der Waals surface area contributed by atoms with Crippen LogP contribution >= 0.6 is 0 Å². The number of imidazole rings is 1. The quantitative estimate of drug-likeness (QED) is 0.774. The van der Waals surface area contributed by atoms with Crippen LogP contribution in [0.5, 0.6) is 0 Å². The summed E-state index contributed by atoms with van der Waals surface area (Å²) < 4.78 is 1.85. The van der Waals surface area contributed by atoms with Crippen molar-refractivity contribution in [1.29, 1.82) is 0 Å². The number of carbonyl (C=O) groups excluding carboxylic acids is 1. The van der Waals surface area contributed by atoms with Crippen LogP contribution in [-0.4, -0.2) is 29.3 Å². The number of hydrogen-bond donors (Lipinski definition) is 0. The smallest absolute Gasteiger partial charge is 0.170 e. The number of fused-ring (bicyclic) bond motifs is 1. The molecule has 4 nitrogen and oxygen atoms in total. The molecule has 1 aliphatic rings. The van der Waals surface area contributed by atoms with E-state index in [0.717, 1.165) is 30.2 Å². The van der Waals surface area contributed by atoms with Gasteiger partial charge in [-0.2, -0.15) is 0 Å². The van der Waals surface area contributed by atoms with Crippen LogP contribution in [0.3, 0.4) is 0 Å². The molecule has 1 saturated carbocycles. The van der Waals surface area contributed by atoms with Crippen LogP contribution in [0, 0.1) is 5.92 Å². The maximum Gasteiger partial charge on any atom is 0.170 e. The van der Waals surface area contributed by atoms with E-state index >= 15 is 0 Å². The first-order chi connectivity index (χ1) is 8.79. The molecule has 0 aliphatic heterocycles. The zero-order valence-electron chi connectivity index (χ0n) is 10.5. The Hall–Kier alpha value is -1.84. The molecule has 2 aromatic heterocycles.